The molecule has 0 saturated carbocycles. The zero-order valence-electron chi connectivity index (χ0n) is 12.2. The van der Waals surface area contributed by atoms with Crippen molar-refractivity contribution in [2.24, 2.45) is 5.92 Å². The van der Waals surface area contributed by atoms with Gasteiger partial charge in [0, 0.05) is 42.5 Å². The fraction of sp³-hybridized carbons (Fsp3) is 0.625. The van der Waals surface area contributed by atoms with Crippen molar-refractivity contribution in [3.8, 4) is 0 Å². The number of nitrogens with zero attached hydrogens (tertiary/aromatic N) is 1. The lowest BCUT2D eigenvalue weighted by Crippen LogP contribution is -2.23. The summed E-state index contributed by atoms with van der Waals surface area (Å²) in [6.07, 6.45) is 3.19. The van der Waals surface area contributed by atoms with Crippen LogP contribution >= 0.6 is 11.6 Å². The Balaban J connectivity index is 2.08. The van der Waals surface area contributed by atoms with E-state index in [1.54, 1.807) is 0 Å². The Morgan fingerprint density at radius 3 is 3.05 bits per heavy atom. The average Bonchev–Trinajstić information content (AvgIpc) is 2.89. The van der Waals surface area contributed by atoms with Crippen LogP contribution < -0.4 is 10.2 Å². The Bertz CT molecular complexity index is 425. The molecule has 0 radical (unpaired) electrons. The van der Waals surface area contributed by atoms with Crippen LogP contribution in [0.25, 0.3) is 0 Å². The molecular formula is C16H25ClN2O. The monoisotopic (exact) mass is 296 g/mol. The highest BCUT2D eigenvalue weighted by Crippen LogP contribution is 2.32. The summed E-state index contributed by atoms with van der Waals surface area (Å²) in [5.41, 5.74) is 2.45. The van der Waals surface area contributed by atoms with Gasteiger partial charge in [-0.2, -0.15) is 0 Å². The molecule has 1 heterocycles. The minimum atomic E-state index is 0.291. The first-order valence-electron chi connectivity index (χ1n) is 7.60. The molecule has 1 aliphatic heterocycles. The lowest BCUT2D eigenvalue weighted by Gasteiger charge is -2.23. The molecule has 2 N–H and O–H groups in total. The summed E-state index contributed by atoms with van der Waals surface area (Å²) in [7, 11) is 0. The quantitative estimate of drug-likeness (QED) is 0.759. The third-order valence-electron chi connectivity index (χ3n) is 3.99. The maximum Gasteiger partial charge on any atom is 0.0471 e. The second-order valence-electron chi connectivity index (χ2n) is 5.53. The van der Waals surface area contributed by atoms with Gasteiger partial charge in [-0.05, 0) is 43.9 Å². The van der Waals surface area contributed by atoms with Gasteiger partial charge in [0.1, 0.15) is 0 Å². The summed E-state index contributed by atoms with van der Waals surface area (Å²) in [5.74, 6) is 0.607. The zero-order valence-corrected chi connectivity index (χ0v) is 13.0. The highest BCUT2D eigenvalue weighted by Gasteiger charge is 2.24. The second kappa shape index (κ2) is 7.87. The van der Waals surface area contributed by atoms with Crippen molar-refractivity contribution in [1.29, 1.82) is 0 Å². The molecule has 4 heteroatoms. The molecular weight excluding hydrogens is 272 g/mol. The van der Waals surface area contributed by atoms with Crippen LogP contribution in [0.2, 0.25) is 5.02 Å². The van der Waals surface area contributed by atoms with Gasteiger partial charge < -0.3 is 15.3 Å². The van der Waals surface area contributed by atoms with Crippen LogP contribution in [0.15, 0.2) is 18.2 Å². The Kier molecular flexibility index (Phi) is 6.14. The average molecular weight is 297 g/mol. The number of hydrogen-bond donors (Lipinski definition) is 2. The van der Waals surface area contributed by atoms with Gasteiger partial charge in [0.25, 0.3) is 0 Å². The zero-order chi connectivity index (χ0) is 14.4. The molecule has 0 amide bonds. The lowest BCUT2D eigenvalue weighted by atomic mass is 10.1. The molecule has 0 aromatic heterocycles. The molecule has 1 aromatic rings. The smallest absolute Gasteiger partial charge is 0.0471 e. The van der Waals surface area contributed by atoms with Crippen LogP contribution in [0.5, 0.6) is 0 Å². The van der Waals surface area contributed by atoms with Crippen molar-refractivity contribution in [2.75, 3.05) is 31.1 Å². The topological polar surface area (TPSA) is 35.5 Å². The lowest BCUT2D eigenvalue weighted by molar-refractivity contribution is 0.263. The summed E-state index contributed by atoms with van der Waals surface area (Å²) in [5, 5.41) is 13.4. The molecule has 112 valence electrons. The fourth-order valence-electron chi connectivity index (χ4n) is 2.88. The van der Waals surface area contributed by atoms with Crippen molar-refractivity contribution >= 4 is 17.3 Å². The summed E-state index contributed by atoms with van der Waals surface area (Å²) in [6.45, 7) is 6.38. The van der Waals surface area contributed by atoms with Crippen molar-refractivity contribution in [2.45, 2.75) is 32.7 Å². The van der Waals surface area contributed by atoms with Gasteiger partial charge in [-0.25, -0.2) is 0 Å². The van der Waals surface area contributed by atoms with Crippen molar-refractivity contribution < 1.29 is 5.11 Å². The molecule has 2 rings (SSSR count). The summed E-state index contributed by atoms with van der Waals surface area (Å²) in [4.78, 5) is 2.41. The number of anilines is 1. The van der Waals surface area contributed by atoms with E-state index in [2.05, 4.69) is 23.2 Å². The molecule has 1 aromatic carbocycles. The second-order valence-corrected chi connectivity index (χ2v) is 5.93. The predicted molar refractivity (Wildman–Crippen MR) is 85.5 cm³/mol. The van der Waals surface area contributed by atoms with Crippen LogP contribution in [0, 0.1) is 5.92 Å². The Morgan fingerprint density at radius 2 is 2.30 bits per heavy atom. The highest BCUT2D eigenvalue weighted by atomic mass is 35.5. The molecule has 1 aliphatic rings. The standard InChI is InChI=1S/C16H25ClN2O/c1-2-8-18-11-14-15(17)4-3-5-16(14)19-9-6-13(12-19)7-10-20/h3-5,13,18,20H,2,6-12H2,1H3. The van der Waals surface area contributed by atoms with E-state index >= 15 is 0 Å². The van der Waals surface area contributed by atoms with Gasteiger partial charge in [-0.15, -0.1) is 0 Å². The molecule has 20 heavy (non-hydrogen) atoms. The van der Waals surface area contributed by atoms with Crippen LogP contribution in [0.3, 0.4) is 0 Å². The van der Waals surface area contributed by atoms with E-state index in [0.717, 1.165) is 50.5 Å². The first-order chi connectivity index (χ1) is 9.76. The van der Waals surface area contributed by atoms with E-state index in [4.69, 9.17) is 16.7 Å². The van der Waals surface area contributed by atoms with Gasteiger partial charge in [-0.1, -0.05) is 24.6 Å². The van der Waals surface area contributed by atoms with Crippen LogP contribution in [0.1, 0.15) is 31.7 Å². The molecule has 0 bridgehead atoms. The van der Waals surface area contributed by atoms with Gasteiger partial charge in [0.05, 0.1) is 0 Å². The van der Waals surface area contributed by atoms with Crippen molar-refractivity contribution in [3.63, 3.8) is 0 Å². The maximum absolute atomic E-state index is 9.08. The summed E-state index contributed by atoms with van der Waals surface area (Å²) >= 11 is 6.38. The van der Waals surface area contributed by atoms with Crippen molar-refractivity contribution in [3.05, 3.63) is 28.8 Å². The number of aliphatic hydroxyl groups is 1. The molecule has 1 saturated heterocycles. The summed E-state index contributed by atoms with van der Waals surface area (Å²) < 4.78 is 0. The molecule has 3 nitrogen and oxygen atoms in total. The van der Waals surface area contributed by atoms with E-state index < -0.39 is 0 Å². The summed E-state index contributed by atoms with van der Waals surface area (Å²) in [6, 6.07) is 6.16. The number of rotatable bonds is 7. The Hall–Kier alpha value is -0.770. The molecule has 1 unspecified atom stereocenters. The van der Waals surface area contributed by atoms with Gasteiger partial charge in [0.2, 0.25) is 0 Å². The number of nitrogens with one attached hydrogen (secondary N) is 1. The number of halogens is 1. The SMILES string of the molecule is CCCNCc1c(Cl)cccc1N1CCC(CCO)C1. The Morgan fingerprint density at radius 1 is 1.45 bits per heavy atom. The molecule has 0 spiro atoms. The third-order valence-corrected chi connectivity index (χ3v) is 4.34. The maximum atomic E-state index is 9.08. The van der Waals surface area contributed by atoms with Gasteiger partial charge in [-0.3, -0.25) is 0 Å². The molecule has 0 aliphatic carbocycles. The number of benzene rings is 1. The van der Waals surface area contributed by atoms with Gasteiger partial charge in [0.15, 0.2) is 0 Å². The third kappa shape index (κ3) is 3.87. The predicted octanol–water partition coefficient (Wildman–Crippen LogP) is 3.05. The van der Waals surface area contributed by atoms with Crippen LogP contribution in [0.4, 0.5) is 5.69 Å². The van der Waals surface area contributed by atoms with Crippen LogP contribution in [-0.2, 0) is 6.54 Å². The van der Waals surface area contributed by atoms with Gasteiger partial charge >= 0.3 is 0 Å². The highest BCUT2D eigenvalue weighted by molar-refractivity contribution is 6.31. The largest absolute Gasteiger partial charge is 0.396 e. The van der Waals surface area contributed by atoms with E-state index in [9.17, 15) is 0 Å². The Labute approximate surface area is 126 Å². The first kappa shape index (κ1) is 15.6. The number of hydrogen-bond acceptors (Lipinski definition) is 3. The number of aliphatic hydroxyl groups excluding tert-OH is 1. The van der Waals surface area contributed by atoms with Crippen molar-refractivity contribution in [1.82, 2.24) is 5.32 Å². The minimum Gasteiger partial charge on any atom is -0.396 e. The van der Waals surface area contributed by atoms with E-state index in [1.807, 2.05) is 12.1 Å². The molecule has 1 fully saturated rings. The fourth-order valence-corrected chi connectivity index (χ4v) is 3.11. The normalized spacial score (nSPS) is 18.8. The van der Waals surface area contributed by atoms with Crippen LogP contribution in [-0.4, -0.2) is 31.3 Å². The molecule has 1 atom stereocenters. The first-order valence-corrected chi connectivity index (χ1v) is 7.98. The van der Waals surface area contributed by atoms with E-state index in [0.29, 0.717) is 12.5 Å². The minimum absolute atomic E-state index is 0.291. The van der Waals surface area contributed by atoms with E-state index in [-0.39, 0.29) is 0 Å². The van der Waals surface area contributed by atoms with E-state index in [1.165, 1.54) is 11.3 Å².